The van der Waals surface area contributed by atoms with Gasteiger partial charge in [-0.25, -0.2) is 0 Å². The van der Waals surface area contributed by atoms with Gasteiger partial charge in [0.25, 0.3) is 5.69 Å². The quantitative estimate of drug-likeness (QED) is 0.670. The first kappa shape index (κ1) is 13.8. The number of anilines is 1. The minimum Gasteiger partial charge on any atom is -0.382 e. The molecule has 2 unspecified atom stereocenters. The first-order valence-corrected chi connectivity index (χ1v) is 6.40. The van der Waals surface area contributed by atoms with Crippen molar-refractivity contribution in [2.75, 3.05) is 12.4 Å². The summed E-state index contributed by atoms with van der Waals surface area (Å²) >= 11 is 0. The summed E-state index contributed by atoms with van der Waals surface area (Å²) in [6.07, 6.45) is 1.23. The van der Waals surface area contributed by atoms with Gasteiger partial charge in [0.15, 0.2) is 0 Å². The minimum atomic E-state index is -0.354. The number of aryl methyl sites for hydroxylation is 1. The van der Waals surface area contributed by atoms with Gasteiger partial charge in [0.2, 0.25) is 0 Å². The standard InChI is InChI=1S/C14H20N2O3/c1-9-7-10(5-6-11(9)16(17)18)15-12-8-13(19-4)14(12,2)3/h5-7,12-13,15H,8H2,1-4H3. The fourth-order valence-electron chi connectivity index (χ4n) is 2.68. The van der Waals surface area contributed by atoms with Gasteiger partial charge in [-0.05, 0) is 25.5 Å². The second-order valence-corrected chi connectivity index (χ2v) is 5.74. The molecule has 1 aromatic carbocycles. The minimum absolute atomic E-state index is 0.0738. The molecular formula is C14H20N2O3. The van der Waals surface area contributed by atoms with E-state index in [1.165, 1.54) is 0 Å². The van der Waals surface area contributed by atoms with E-state index in [4.69, 9.17) is 4.74 Å². The third-order valence-electron chi connectivity index (χ3n) is 4.20. The molecule has 0 amide bonds. The van der Waals surface area contributed by atoms with Gasteiger partial charge >= 0.3 is 0 Å². The lowest BCUT2D eigenvalue weighted by Gasteiger charge is -2.51. The highest BCUT2D eigenvalue weighted by Crippen LogP contribution is 2.44. The van der Waals surface area contributed by atoms with Crippen molar-refractivity contribution in [3.8, 4) is 0 Å². The van der Waals surface area contributed by atoms with Crippen LogP contribution in [-0.4, -0.2) is 24.2 Å². The average molecular weight is 264 g/mol. The Labute approximate surface area is 113 Å². The molecule has 1 fully saturated rings. The lowest BCUT2D eigenvalue weighted by atomic mass is 9.64. The van der Waals surface area contributed by atoms with Gasteiger partial charge in [0, 0.05) is 35.9 Å². The summed E-state index contributed by atoms with van der Waals surface area (Å²) in [5.41, 5.74) is 1.84. The number of hydrogen-bond donors (Lipinski definition) is 1. The zero-order valence-electron chi connectivity index (χ0n) is 11.8. The van der Waals surface area contributed by atoms with Crippen LogP contribution in [0.5, 0.6) is 0 Å². The van der Waals surface area contributed by atoms with Gasteiger partial charge in [-0.1, -0.05) is 13.8 Å². The molecule has 1 aromatic rings. The number of nitro benzene ring substituents is 1. The molecule has 2 atom stereocenters. The molecule has 1 aliphatic rings. The van der Waals surface area contributed by atoms with E-state index in [-0.39, 0.29) is 22.1 Å². The van der Waals surface area contributed by atoms with Gasteiger partial charge in [-0.15, -0.1) is 0 Å². The van der Waals surface area contributed by atoms with Crippen LogP contribution in [0.2, 0.25) is 0 Å². The number of rotatable bonds is 4. The molecule has 0 radical (unpaired) electrons. The maximum Gasteiger partial charge on any atom is 0.272 e. The molecular weight excluding hydrogens is 244 g/mol. The molecule has 1 N–H and O–H groups in total. The molecule has 2 rings (SSSR count). The van der Waals surface area contributed by atoms with E-state index in [1.807, 2.05) is 6.07 Å². The van der Waals surface area contributed by atoms with Crippen LogP contribution in [0.25, 0.3) is 0 Å². The Morgan fingerprint density at radius 3 is 2.63 bits per heavy atom. The largest absolute Gasteiger partial charge is 0.382 e. The van der Waals surface area contributed by atoms with Gasteiger partial charge in [-0.3, -0.25) is 10.1 Å². The Morgan fingerprint density at radius 2 is 2.16 bits per heavy atom. The molecule has 0 heterocycles. The normalized spacial score (nSPS) is 24.6. The number of nitro groups is 1. The summed E-state index contributed by atoms with van der Waals surface area (Å²) in [5, 5.41) is 14.2. The number of benzene rings is 1. The SMILES string of the molecule is COC1CC(Nc2ccc([N+](=O)[O-])c(C)c2)C1(C)C. The highest BCUT2D eigenvalue weighted by molar-refractivity contribution is 5.54. The summed E-state index contributed by atoms with van der Waals surface area (Å²) in [6, 6.07) is 5.48. The van der Waals surface area contributed by atoms with Crippen LogP contribution in [0.15, 0.2) is 18.2 Å². The summed E-state index contributed by atoms with van der Waals surface area (Å²) in [4.78, 5) is 10.4. The van der Waals surface area contributed by atoms with E-state index in [2.05, 4.69) is 19.2 Å². The van der Waals surface area contributed by atoms with Crippen molar-refractivity contribution >= 4 is 11.4 Å². The molecule has 0 aliphatic heterocycles. The van der Waals surface area contributed by atoms with Crippen LogP contribution in [0.4, 0.5) is 11.4 Å². The molecule has 0 aromatic heterocycles. The monoisotopic (exact) mass is 264 g/mol. The molecule has 104 valence electrons. The van der Waals surface area contributed by atoms with Crippen LogP contribution < -0.4 is 5.32 Å². The summed E-state index contributed by atoms with van der Waals surface area (Å²) in [7, 11) is 1.73. The zero-order chi connectivity index (χ0) is 14.2. The molecule has 1 saturated carbocycles. The van der Waals surface area contributed by atoms with Crippen molar-refractivity contribution in [2.24, 2.45) is 5.41 Å². The highest BCUT2D eigenvalue weighted by Gasteiger charge is 2.48. The van der Waals surface area contributed by atoms with E-state index in [0.717, 1.165) is 12.1 Å². The number of nitrogens with zero attached hydrogens (tertiary/aromatic N) is 1. The topological polar surface area (TPSA) is 64.4 Å². The highest BCUT2D eigenvalue weighted by atomic mass is 16.6. The van der Waals surface area contributed by atoms with E-state index >= 15 is 0 Å². The van der Waals surface area contributed by atoms with Crippen molar-refractivity contribution in [3.63, 3.8) is 0 Å². The number of nitrogens with one attached hydrogen (secondary N) is 1. The van der Waals surface area contributed by atoms with Crippen molar-refractivity contribution < 1.29 is 9.66 Å². The molecule has 0 saturated heterocycles. The van der Waals surface area contributed by atoms with Gasteiger partial charge < -0.3 is 10.1 Å². The number of hydrogen-bond acceptors (Lipinski definition) is 4. The van der Waals surface area contributed by atoms with Crippen LogP contribution >= 0.6 is 0 Å². The number of methoxy groups -OCH3 is 1. The molecule has 1 aliphatic carbocycles. The average Bonchev–Trinajstić information content (AvgIpc) is 2.33. The third-order valence-corrected chi connectivity index (χ3v) is 4.20. The van der Waals surface area contributed by atoms with Crippen molar-refractivity contribution in [1.82, 2.24) is 0 Å². The first-order valence-electron chi connectivity index (χ1n) is 6.40. The predicted octanol–water partition coefficient (Wildman–Crippen LogP) is 3.13. The Balaban J connectivity index is 2.09. The van der Waals surface area contributed by atoms with Gasteiger partial charge in [-0.2, -0.15) is 0 Å². The Morgan fingerprint density at radius 1 is 1.47 bits per heavy atom. The third kappa shape index (κ3) is 2.42. The predicted molar refractivity (Wildman–Crippen MR) is 74.4 cm³/mol. The summed E-state index contributed by atoms with van der Waals surface area (Å²) in [5.74, 6) is 0. The zero-order valence-corrected chi connectivity index (χ0v) is 11.8. The first-order chi connectivity index (χ1) is 8.86. The Hall–Kier alpha value is -1.62. The van der Waals surface area contributed by atoms with Crippen molar-refractivity contribution in [2.45, 2.75) is 39.3 Å². The van der Waals surface area contributed by atoms with Crippen LogP contribution in [0.3, 0.4) is 0 Å². The lowest BCUT2D eigenvalue weighted by molar-refractivity contribution is -0.385. The van der Waals surface area contributed by atoms with E-state index in [0.29, 0.717) is 11.6 Å². The second kappa shape index (κ2) is 4.81. The summed E-state index contributed by atoms with van der Waals surface area (Å²) < 4.78 is 5.41. The van der Waals surface area contributed by atoms with Gasteiger partial charge in [0.05, 0.1) is 11.0 Å². The van der Waals surface area contributed by atoms with Crippen LogP contribution in [0, 0.1) is 22.5 Å². The second-order valence-electron chi connectivity index (χ2n) is 5.74. The van der Waals surface area contributed by atoms with Crippen molar-refractivity contribution in [1.29, 1.82) is 0 Å². The van der Waals surface area contributed by atoms with Crippen LogP contribution in [-0.2, 0) is 4.74 Å². The lowest BCUT2D eigenvalue weighted by Crippen LogP contribution is -2.57. The van der Waals surface area contributed by atoms with Gasteiger partial charge in [0.1, 0.15) is 0 Å². The van der Waals surface area contributed by atoms with Crippen LogP contribution in [0.1, 0.15) is 25.8 Å². The maximum atomic E-state index is 10.8. The van der Waals surface area contributed by atoms with E-state index < -0.39 is 0 Å². The van der Waals surface area contributed by atoms with E-state index in [9.17, 15) is 10.1 Å². The molecule has 0 bridgehead atoms. The molecule has 0 spiro atoms. The fourth-order valence-corrected chi connectivity index (χ4v) is 2.68. The Kier molecular flexibility index (Phi) is 3.49. The molecule has 5 nitrogen and oxygen atoms in total. The molecule has 19 heavy (non-hydrogen) atoms. The maximum absolute atomic E-state index is 10.8. The van der Waals surface area contributed by atoms with Crippen molar-refractivity contribution in [3.05, 3.63) is 33.9 Å². The van der Waals surface area contributed by atoms with E-state index in [1.54, 1.807) is 26.2 Å². The summed E-state index contributed by atoms with van der Waals surface area (Å²) in [6.45, 7) is 6.09. The Bertz CT molecular complexity index is 499. The number of ether oxygens (including phenoxy) is 1. The fraction of sp³-hybridized carbons (Fsp3) is 0.571. The smallest absolute Gasteiger partial charge is 0.272 e. The molecule has 5 heteroatoms.